The lowest BCUT2D eigenvalue weighted by Crippen LogP contribution is -2.45. The zero-order chi connectivity index (χ0) is 42.4. The van der Waals surface area contributed by atoms with Crippen molar-refractivity contribution < 1.29 is 24.9 Å². The number of piperazine rings is 1. The van der Waals surface area contributed by atoms with Gasteiger partial charge in [0.15, 0.2) is 11.6 Å². The number of nitrogens with one attached hydrogen (secondary N) is 1. The number of carbonyl (C=O) groups is 1. The molecule has 4 aromatic carbocycles. The summed E-state index contributed by atoms with van der Waals surface area (Å²) < 4.78 is 7.38. The molecule has 4 heterocycles. The number of benzene rings is 4. The van der Waals surface area contributed by atoms with Gasteiger partial charge in [0.25, 0.3) is 5.91 Å². The SMILES string of the molecule is COc1cc(N2CCN(Cc3ccc(-n4c(O)nnc4-c4cc(C(C)C)c(O)cc4O)cc3)CC2)ccc1Nc1ncc2c(n1)N(C1CCCC1)c1ccccc1C(=O)N2C. The van der Waals surface area contributed by atoms with E-state index in [1.165, 1.54) is 10.6 Å². The van der Waals surface area contributed by atoms with Gasteiger partial charge in [0.05, 0.1) is 41.5 Å². The fraction of sp³-hybridized carbons (Fsp3) is 0.326. The van der Waals surface area contributed by atoms with E-state index >= 15 is 0 Å². The fourth-order valence-electron chi connectivity index (χ4n) is 8.84. The molecule has 0 bridgehead atoms. The van der Waals surface area contributed by atoms with Gasteiger partial charge in [-0.15, -0.1) is 5.10 Å². The Morgan fingerprint density at radius 3 is 2.31 bits per heavy atom. The highest BCUT2D eigenvalue weighted by Crippen LogP contribution is 2.44. The van der Waals surface area contributed by atoms with E-state index in [1.54, 1.807) is 31.3 Å². The number of aromatic hydroxyl groups is 3. The molecular weight excluding hydrogens is 773 g/mol. The number of nitrogens with zero attached hydrogens (tertiary/aromatic N) is 9. The Labute approximate surface area is 354 Å². The van der Waals surface area contributed by atoms with Crippen LogP contribution in [0.4, 0.5) is 34.5 Å². The van der Waals surface area contributed by atoms with Gasteiger partial charge >= 0.3 is 6.01 Å². The highest BCUT2D eigenvalue weighted by molar-refractivity contribution is 6.13. The molecular formula is C46H50N10O5. The van der Waals surface area contributed by atoms with Crippen molar-refractivity contribution in [3.8, 4) is 40.3 Å². The molecule has 0 atom stereocenters. The van der Waals surface area contributed by atoms with Crippen molar-refractivity contribution in [3.05, 3.63) is 102 Å². The minimum Gasteiger partial charge on any atom is -0.508 e. The van der Waals surface area contributed by atoms with Crippen molar-refractivity contribution in [3.63, 3.8) is 0 Å². The Morgan fingerprint density at radius 2 is 1.57 bits per heavy atom. The third-order valence-corrected chi connectivity index (χ3v) is 12.2. The van der Waals surface area contributed by atoms with Gasteiger partial charge in [-0.3, -0.25) is 9.69 Å². The summed E-state index contributed by atoms with van der Waals surface area (Å²) in [5, 5.41) is 43.2. The van der Waals surface area contributed by atoms with Crippen LogP contribution in [-0.4, -0.2) is 97.2 Å². The molecule has 0 spiro atoms. The second-order valence-electron chi connectivity index (χ2n) is 16.3. The second-order valence-corrected chi connectivity index (χ2v) is 16.3. The van der Waals surface area contributed by atoms with Gasteiger partial charge < -0.3 is 40.1 Å². The Morgan fingerprint density at radius 1 is 0.836 bits per heavy atom. The van der Waals surface area contributed by atoms with E-state index in [0.717, 1.165) is 81.0 Å². The van der Waals surface area contributed by atoms with Crippen molar-refractivity contribution in [2.45, 2.75) is 58.0 Å². The lowest BCUT2D eigenvalue weighted by Gasteiger charge is -2.36. The topological polar surface area (TPSA) is 168 Å². The molecule has 15 nitrogen and oxygen atoms in total. The van der Waals surface area contributed by atoms with Crippen molar-refractivity contribution >= 4 is 40.4 Å². The van der Waals surface area contributed by atoms with Crippen LogP contribution in [0, 0.1) is 0 Å². The molecule has 1 aliphatic carbocycles. The maximum atomic E-state index is 13.6. The monoisotopic (exact) mass is 822 g/mol. The van der Waals surface area contributed by atoms with E-state index < -0.39 is 0 Å². The third-order valence-electron chi connectivity index (χ3n) is 12.2. The Kier molecular flexibility index (Phi) is 10.6. The number of rotatable bonds is 10. The first kappa shape index (κ1) is 39.6. The summed E-state index contributed by atoms with van der Waals surface area (Å²) in [5.41, 5.74) is 6.79. The van der Waals surface area contributed by atoms with Crippen molar-refractivity contribution in [2.24, 2.45) is 0 Å². The van der Waals surface area contributed by atoms with Crippen molar-refractivity contribution in [2.75, 3.05) is 60.4 Å². The number of phenolic OH excluding ortho intramolecular Hbond substituents is 2. The molecule has 1 amide bonds. The summed E-state index contributed by atoms with van der Waals surface area (Å²) in [6.45, 7) is 8.04. The number of para-hydroxylation sites is 1. The predicted molar refractivity (Wildman–Crippen MR) is 235 cm³/mol. The average molecular weight is 823 g/mol. The number of fused-ring (bicyclic) bond motifs is 2. The number of methoxy groups -OCH3 is 1. The molecule has 2 aliphatic heterocycles. The van der Waals surface area contributed by atoms with Crippen LogP contribution in [0.2, 0.25) is 0 Å². The normalized spacial score (nSPS) is 15.9. The number of aromatic nitrogens is 5. The van der Waals surface area contributed by atoms with Crippen LogP contribution < -0.4 is 24.8 Å². The molecule has 0 radical (unpaired) electrons. The molecule has 4 N–H and O–H groups in total. The van der Waals surface area contributed by atoms with E-state index in [9.17, 15) is 20.1 Å². The summed E-state index contributed by atoms with van der Waals surface area (Å²) in [5.74, 6) is 1.86. The average Bonchev–Trinajstić information content (AvgIpc) is 3.93. The summed E-state index contributed by atoms with van der Waals surface area (Å²) in [4.78, 5) is 32.0. The van der Waals surface area contributed by atoms with Gasteiger partial charge in [-0.25, -0.2) is 9.55 Å². The largest absolute Gasteiger partial charge is 0.508 e. The zero-order valence-corrected chi connectivity index (χ0v) is 34.8. The first-order chi connectivity index (χ1) is 29.6. The lowest BCUT2D eigenvalue weighted by molar-refractivity contribution is 0.0994. The molecule has 9 rings (SSSR count). The molecule has 0 unspecified atom stereocenters. The second kappa shape index (κ2) is 16.3. The predicted octanol–water partition coefficient (Wildman–Crippen LogP) is 7.71. The Balaban J connectivity index is 0.869. The molecule has 1 saturated carbocycles. The number of amides is 1. The molecule has 3 aliphatic rings. The van der Waals surface area contributed by atoms with E-state index in [0.29, 0.717) is 45.6 Å². The minimum absolute atomic E-state index is 0.00215. The van der Waals surface area contributed by atoms with Gasteiger partial charge in [-0.05, 0) is 72.4 Å². The number of anilines is 6. The van der Waals surface area contributed by atoms with E-state index in [1.807, 2.05) is 74.5 Å². The lowest BCUT2D eigenvalue weighted by atomic mass is 9.98. The van der Waals surface area contributed by atoms with Gasteiger partial charge in [-0.2, -0.15) is 4.98 Å². The van der Waals surface area contributed by atoms with Crippen LogP contribution in [0.5, 0.6) is 23.3 Å². The van der Waals surface area contributed by atoms with Crippen LogP contribution in [0.3, 0.4) is 0 Å². The molecule has 6 aromatic rings. The summed E-state index contributed by atoms with van der Waals surface area (Å²) in [7, 11) is 3.45. The molecule has 2 aromatic heterocycles. The number of phenols is 2. The summed E-state index contributed by atoms with van der Waals surface area (Å²) >= 11 is 0. The van der Waals surface area contributed by atoms with Crippen molar-refractivity contribution in [1.82, 2.24) is 29.6 Å². The molecule has 1 saturated heterocycles. The standard InChI is InChI=1S/C46H50N10O5/c1-28(2)34-24-35(40(58)25-39(34)57)42-50-51-46(60)56(42)31-15-13-29(14-16-31)27-53-19-21-54(22-20-53)32-17-18-36(41(23-32)61-4)48-45-47-26-38-43(49-45)55(30-9-5-6-10-30)37-12-8-7-11-33(37)44(59)52(38)3/h7-8,11-18,23-26,28,30,57-58H,5-6,9-10,19-22,27H2,1-4H3,(H,51,60)(H,47,48,49). The number of ether oxygens (including phenoxy) is 1. The first-order valence-corrected chi connectivity index (χ1v) is 20.8. The highest BCUT2D eigenvalue weighted by Gasteiger charge is 2.35. The van der Waals surface area contributed by atoms with Gasteiger partial charge in [0.2, 0.25) is 5.95 Å². The maximum Gasteiger partial charge on any atom is 0.319 e. The molecule has 15 heteroatoms. The van der Waals surface area contributed by atoms with E-state index in [-0.39, 0.29) is 41.2 Å². The zero-order valence-electron chi connectivity index (χ0n) is 34.8. The molecule has 61 heavy (non-hydrogen) atoms. The fourth-order valence-corrected chi connectivity index (χ4v) is 8.84. The Bertz CT molecular complexity index is 2580. The highest BCUT2D eigenvalue weighted by atomic mass is 16.5. The summed E-state index contributed by atoms with van der Waals surface area (Å²) in [6, 6.07) is 24.7. The van der Waals surface area contributed by atoms with Gasteiger partial charge in [-0.1, -0.05) is 56.1 Å². The maximum absolute atomic E-state index is 13.6. The number of carbonyl (C=O) groups excluding carboxylic acids is 1. The van der Waals surface area contributed by atoms with Gasteiger partial charge in [0, 0.05) is 63.6 Å². The molecule has 2 fully saturated rings. The Hall–Kier alpha value is -6.87. The quantitative estimate of drug-likeness (QED) is 0.106. The first-order valence-electron chi connectivity index (χ1n) is 20.8. The van der Waals surface area contributed by atoms with Crippen LogP contribution >= 0.6 is 0 Å². The summed E-state index contributed by atoms with van der Waals surface area (Å²) in [6.07, 6.45) is 6.08. The minimum atomic E-state index is -0.302. The van der Waals surface area contributed by atoms with E-state index in [4.69, 9.17) is 9.72 Å². The number of hydrogen-bond acceptors (Lipinski definition) is 13. The van der Waals surface area contributed by atoms with Crippen LogP contribution in [-0.2, 0) is 6.54 Å². The van der Waals surface area contributed by atoms with Crippen molar-refractivity contribution in [1.29, 1.82) is 0 Å². The molecule has 314 valence electrons. The third kappa shape index (κ3) is 7.50. The van der Waals surface area contributed by atoms with Crippen LogP contribution in [0.1, 0.15) is 66.9 Å². The van der Waals surface area contributed by atoms with Crippen LogP contribution in [0.25, 0.3) is 17.1 Å². The van der Waals surface area contributed by atoms with Gasteiger partial charge in [0.1, 0.15) is 22.9 Å². The smallest absolute Gasteiger partial charge is 0.319 e. The van der Waals surface area contributed by atoms with E-state index in [2.05, 4.69) is 41.3 Å². The van der Waals surface area contributed by atoms with Crippen LogP contribution in [0.15, 0.2) is 85.1 Å². The number of hydrogen-bond donors (Lipinski definition) is 4.